The van der Waals surface area contributed by atoms with E-state index in [1.54, 1.807) is 29.2 Å². The number of halogens is 2. The number of likely N-dealkylation sites (tertiary alicyclic amines) is 1. The minimum Gasteiger partial charge on any atom is -0.489 e. The van der Waals surface area contributed by atoms with Crippen molar-refractivity contribution in [2.45, 2.75) is 25.4 Å². The van der Waals surface area contributed by atoms with Crippen molar-refractivity contribution in [3.05, 3.63) is 66.1 Å². The highest BCUT2D eigenvalue weighted by Gasteiger charge is 2.26. The van der Waals surface area contributed by atoms with Crippen LogP contribution in [0.25, 0.3) is 11.4 Å². The third kappa shape index (κ3) is 4.42. The number of amides is 1. The first-order valence-electron chi connectivity index (χ1n) is 9.33. The Bertz CT molecular complexity index is 961. The monoisotopic (exact) mass is 399 g/mol. The standard InChI is InChI=1S/C21H19F2N3O3/c22-18(23)20-24-19(25-29-20)14-8-10-15(11-9-14)21(27)26-12-4-7-17(13-26)28-16-5-2-1-3-6-16/h1-3,5-6,8-11,17-18H,4,7,12-13H2. The second kappa shape index (κ2) is 8.38. The van der Waals surface area contributed by atoms with Crippen LogP contribution in [-0.4, -0.2) is 40.1 Å². The summed E-state index contributed by atoms with van der Waals surface area (Å²) >= 11 is 0. The van der Waals surface area contributed by atoms with Gasteiger partial charge in [-0.25, -0.2) is 0 Å². The molecule has 8 heteroatoms. The lowest BCUT2D eigenvalue weighted by Gasteiger charge is -2.33. The summed E-state index contributed by atoms with van der Waals surface area (Å²) in [5.41, 5.74) is 1.01. The number of rotatable bonds is 5. The molecule has 0 radical (unpaired) electrons. The number of aromatic nitrogens is 2. The summed E-state index contributed by atoms with van der Waals surface area (Å²) in [6, 6.07) is 16.1. The number of para-hydroxylation sites is 1. The van der Waals surface area contributed by atoms with Crippen LogP contribution in [0.5, 0.6) is 5.75 Å². The Balaban J connectivity index is 1.42. The number of ether oxygens (including phenoxy) is 1. The largest absolute Gasteiger partial charge is 0.489 e. The highest BCUT2D eigenvalue weighted by molar-refractivity contribution is 5.94. The topological polar surface area (TPSA) is 68.5 Å². The molecule has 6 nitrogen and oxygen atoms in total. The second-order valence-electron chi connectivity index (χ2n) is 6.78. The van der Waals surface area contributed by atoms with Gasteiger partial charge < -0.3 is 14.2 Å². The predicted octanol–water partition coefficient (Wildman–Crippen LogP) is 4.36. The fourth-order valence-corrected chi connectivity index (χ4v) is 3.30. The van der Waals surface area contributed by atoms with Crippen molar-refractivity contribution in [1.29, 1.82) is 0 Å². The van der Waals surface area contributed by atoms with Crippen molar-refractivity contribution in [3.63, 3.8) is 0 Å². The quantitative estimate of drug-likeness (QED) is 0.638. The first-order chi connectivity index (χ1) is 14.1. The summed E-state index contributed by atoms with van der Waals surface area (Å²) in [4.78, 5) is 18.3. The van der Waals surface area contributed by atoms with E-state index in [2.05, 4.69) is 14.7 Å². The average molecular weight is 399 g/mol. The van der Waals surface area contributed by atoms with Gasteiger partial charge in [0, 0.05) is 17.7 Å². The molecule has 3 aromatic rings. The van der Waals surface area contributed by atoms with Crippen LogP contribution in [0.3, 0.4) is 0 Å². The first-order valence-corrected chi connectivity index (χ1v) is 9.33. The molecule has 1 atom stereocenters. The minimum atomic E-state index is -2.82. The molecule has 1 amide bonds. The van der Waals surface area contributed by atoms with Crippen molar-refractivity contribution in [2.24, 2.45) is 0 Å². The van der Waals surface area contributed by atoms with Crippen LogP contribution in [-0.2, 0) is 0 Å². The SMILES string of the molecule is O=C(c1ccc(-c2noc(C(F)F)n2)cc1)N1CCCC(Oc2ccccc2)C1. The number of nitrogens with zero attached hydrogens (tertiary/aromatic N) is 3. The Morgan fingerprint density at radius 1 is 1.14 bits per heavy atom. The van der Waals surface area contributed by atoms with E-state index in [1.165, 1.54) is 0 Å². The summed E-state index contributed by atoms with van der Waals surface area (Å²) < 4.78 is 35.7. The molecule has 0 saturated carbocycles. The highest BCUT2D eigenvalue weighted by Crippen LogP contribution is 2.23. The van der Waals surface area contributed by atoms with Gasteiger partial charge in [0.2, 0.25) is 5.82 Å². The molecule has 29 heavy (non-hydrogen) atoms. The molecule has 2 heterocycles. The molecule has 1 saturated heterocycles. The molecular formula is C21H19F2N3O3. The van der Waals surface area contributed by atoms with Crippen LogP contribution in [0.1, 0.15) is 35.5 Å². The molecule has 0 spiro atoms. The van der Waals surface area contributed by atoms with E-state index in [-0.39, 0.29) is 17.8 Å². The van der Waals surface area contributed by atoms with E-state index < -0.39 is 12.3 Å². The summed E-state index contributed by atoms with van der Waals surface area (Å²) in [6.45, 7) is 1.18. The molecule has 1 aliphatic heterocycles. The van der Waals surface area contributed by atoms with Gasteiger partial charge in [-0.1, -0.05) is 35.5 Å². The number of hydrogen-bond acceptors (Lipinski definition) is 5. The maximum absolute atomic E-state index is 12.9. The van der Waals surface area contributed by atoms with E-state index in [9.17, 15) is 13.6 Å². The van der Waals surface area contributed by atoms with E-state index in [0.29, 0.717) is 24.2 Å². The van der Waals surface area contributed by atoms with Crippen molar-refractivity contribution in [2.75, 3.05) is 13.1 Å². The molecular weight excluding hydrogens is 380 g/mol. The van der Waals surface area contributed by atoms with Crippen molar-refractivity contribution < 1.29 is 22.8 Å². The van der Waals surface area contributed by atoms with Gasteiger partial charge in [0.15, 0.2) is 0 Å². The molecule has 1 aliphatic rings. The van der Waals surface area contributed by atoms with Gasteiger partial charge in [-0.2, -0.15) is 13.8 Å². The van der Waals surface area contributed by atoms with Crippen molar-refractivity contribution in [1.82, 2.24) is 15.0 Å². The highest BCUT2D eigenvalue weighted by atomic mass is 19.3. The van der Waals surface area contributed by atoms with Crippen LogP contribution < -0.4 is 4.74 Å². The van der Waals surface area contributed by atoms with Crippen LogP contribution in [0.15, 0.2) is 59.1 Å². The van der Waals surface area contributed by atoms with Crippen molar-refractivity contribution in [3.8, 4) is 17.1 Å². The third-order valence-corrected chi connectivity index (χ3v) is 4.73. The second-order valence-corrected chi connectivity index (χ2v) is 6.78. The summed E-state index contributed by atoms with van der Waals surface area (Å²) in [5, 5.41) is 3.54. The van der Waals surface area contributed by atoms with Gasteiger partial charge in [-0.3, -0.25) is 4.79 Å². The molecule has 1 unspecified atom stereocenters. The maximum atomic E-state index is 12.9. The number of benzene rings is 2. The van der Waals surface area contributed by atoms with Crippen molar-refractivity contribution >= 4 is 5.91 Å². The molecule has 1 fully saturated rings. The molecule has 1 aromatic heterocycles. The minimum absolute atomic E-state index is 0.0542. The van der Waals surface area contributed by atoms with Gasteiger partial charge in [-0.15, -0.1) is 0 Å². The fraction of sp³-hybridized carbons (Fsp3) is 0.286. The smallest absolute Gasteiger partial charge is 0.315 e. The summed E-state index contributed by atoms with van der Waals surface area (Å²) in [6.07, 6.45) is -1.12. The number of alkyl halides is 2. The zero-order chi connectivity index (χ0) is 20.2. The number of carbonyl (C=O) groups is 1. The average Bonchev–Trinajstić information content (AvgIpc) is 3.25. The zero-order valence-corrected chi connectivity index (χ0v) is 15.5. The lowest BCUT2D eigenvalue weighted by Crippen LogP contribution is -2.44. The van der Waals surface area contributed by atoms with Gasteiger partial charge in [0.25, 0.3) is 11.8 Å². The molecule has 0 bridgehead atoms. The van der Waals surface area contributed by atoms with Gasteiger partial charge in [0.05, 0.1) is 6.54 Å². The lowest BCUT2D eigenvalue weighted by molar-refractivity contribution is 0.0538. The molecule has 150 valence electrons. The zero-order valence-electron chi connectivity index (χ0n) is 15.5. The first kappa shape index (κ1) is 19.0. The van der Waals surface area contributed by atoms with Crippen LogP contribution in [0.4, 0.5) is 8.78 Å². The molecule has 4 rings (SSSR count). The Hall–Kier alpha value is -3.29. The van der Waals surface area contributed by atoms with E-state index >= 15 is 0 Å². The summed E-state index contributed by atoms with van der Waals surface area (Å²) in [7, 11) is 0. The normalized spacial score (nSPS) is 16.8. The Morgan fingerprint density at radius 3 is 2.59 bits per heavy atom. The molecule has 0 N–H and O–H groups in total. The van der Waals surface area contributed by atoms with Gasteiger partial charge in [-0.05, 0) is 37.1 Å². The number of hydrogen-bond donors (Lipinski definition) is 0. The predicted molar refractivity (Wildman–Crippen MR) is 101 cm³/mol. The van der Waals surface area contributed by atoms with Gasteiger partial charge in [0.1, 0.15) is 11.9 Å². The maximum Gasteiger partial charge on any atom is 0.315 e. The van der Waals surface area contributed by atoms with Gasteiger partial charge >= 0.3 is 6.43 Å². The Morgan fingerprint density at radius 2 is 1.90 bits per heavy atom. The molecule has 0 aliphatic carbocycles. The number of piperidine rings is 1. The Labute approximate surface area is 166 Å². The number of carbonyl (C=O) groups excluding carboxylic acids is 1. The Kier molecular flexibility index (Phi) is 5.50. The fourth-order valence-electron chi connectivity index (χ4n) is 3.30. The van der Waals surface area contributed by atoms with E-state index in [4.69, 9.17) is 4.74 Å². The van der Waals surface area contributed by atoms with Crippen LogP contribution in [0, 0.1) is 0 Å². The van der Waals surface area contributed by atoms with Crippen LogP contribution in [0.2, 0.25) is 0 Å². The van der Waals surface area contributed by atoms with E-state index in [1.807, 2.05) is 30.3 Å². The molecule has 2 aromatic carbocycles. The lowest BCUT2D eigenvalue weighted by atomic mass is 10.1. The summed E-state index contributed by atoms with van der Waals surface area (Å²) in [5.74, 6) is 0.0326. The third-order valence-electron chi connectivity index (χ3n) is 4.73. The van der Waals surface area contributed by atoms with Crippen LogP contribution >= 0.6 is 0 Å². The van der Waals surface area contributed by atoms with E-state index in [0.717, 1.165) is 18.6 Å².